The summed E-state index contributed by atoms with van der Waals surface area (Å²) in [6.45, 7) is 8.28. The number of pyridine rings is 1. The van der Waals surface area contributed by atoms with Crippen LogP contribution in [-0.4, -0.2) is 35.6 Å². The van der Waals surface area contributed by atoms with E-state index in [4.69, 9.17) is 0 Å². The molecule has 118 valence electrons. The van der Waals surface area contributed by atoms with Gasteiger partial charge in [-0.25, -0.2) is 0 Å². The van der Waals surface area contributed by atoms with Gasteiger partial charge in [-0.15, -0.1) is 0 Å². The van der Waals surface area contributed by atoms with Crippen molar-refractivity contribution >= 4 is 16.5 Å². The van der Waals surface area contributed by atoms with Gasteiger partial charge in [0.15, 0.2) is 0 Å². The van der Waals surface area contributed by atoms with Gasteiger partial charge in [0.25, 0.3) is 0 Å². The van der Waals surface area contributed by atoms with Crippen LogP contribution in [0.25, 0.3) is 10.8 Å². The first-order valence-electron chi connectivity index (χ1n) is 8.58. The zero-order valence-electron chi connectivity index (χ0n) is 13.8. The van der Waals surface area contributed by atoms with Crippen LogP contribution in [0.1, 0.15) is 33.1 Å². The van der Waals surface area contributed by atoms with E-state index < -0.39 is 0 Å². The van der Waals surface area contributed by atoms with Gasteiger partial charge in [-0.3, -0.25) is 4.98 Å². The van der Waals surface area contributed by atoms with Crippen molar-refractivity contribution in [1.29, 1.82) is 0 Å². The van der Waals surface area contributed by atoms with Gasteiger partial charge in [0, 0.05) is 48.0 Å². The lowest BCUT2D eigenvalue weighted by Crippen LogP contribution is -2.43. The molecule has 0 saturated carbocycles. The highest BCUT2D eigenvalue weighted by atomic mass is 15.2. The predicted molar refractivity (Wildman–Crippen MR) is 94.3 cm³/mol. The first-order chi connectivity index (χ1) is 10.8. The zero-order valence-corrected chi connectivity index (χ0v) is 13.8. The van der Waals surface area contributed by atoms with Crippen molar-refractivity contribution in [2.24, 2.45) is 5.92 Å². The molecule has 3 heteroatoms. The maximum absolute atomic E-state index is 4.22. The number of piperidine rings is 1. The van der Waals surface area contributed by atoms with E-state index in [9.17, 15) is 0 Å². The number of benzene rings is 1. The van der Waals surface area contributed by atoms with Gasteiger partial charge < -0.3 is 10.2 Å². The van der Waals surface area contributed by atoms with Crippen LogP contribution in [0.5, 0.6) is 0 Å². The molecule has 2 aromatic rings. The fraction of sp³-hybridized carbons (Fsp3) is 0.526. The molecule has 22 heavy (non-hydrogen) atoms. The average molecular weight is 297 g/mol. The number of rotatable bonds is 5. The summed E-state index contributed by atoms with van der Waals surface area (Å²) in [4.78, 5) is 6.85. The van der Waals surface area contributed by atoms with Crippen molar-refractivity contribution in [2.45, 2.75) is 39.2 Å². The van der Waals surface area contributed by atoms with E-state index in [2.05, 4.69) is 53.3 Å². The van der Waals surface area contributed by atoms with Crippen LogP contribution in [-0.2, 0) is 0 Å². The third-order valence-electron chi connectivity index (χ3n) is 4.81. The molecule has 2 atom stereocenters. The summed E-state index contributed by atoms with van der Waals surface area (Å²) in [7, 11) is 0. The van der Waals surface area contributed by atoms with Crippen LogP contribution >= 0.6 is 0 Å². The van der Waals surface area contributed by atoms with Crippen LogP contribution in [0.4, 0.5) is 5.69 Å². The Morgan fingerprint density at radius 3 is 3.14 bits per heavy atom. The van der Waals surface area contributed by atoms with Gasteiger partial charge in [0.1, 0.15) is 0 Å². The second-order valence-corrected chi connectivity index (χ2v) is 6.66. The lowest BCUT2D eigenvalue weighted by Gasteiger charge is -2.35. The summed E-state index contributed by atoms with van der Waals surface area (Å²) < 4.78 is 0. The summed E-state index contributed by atoms with van der Waals surface area (Å²) >= 11 is 0. The van der Waals surface area contributed by atoms with Crippen LogP contribution in [0.2, 0.25) is 0 Å². The number of nitrogens with zero attached hydrogens (tertiary/aromatic N) is 2. The molecular weight excluding hydrogens is 270 g/mol. The molecule has 0 spiro atoms. The van der Waals surface area contributed by atoms with E-state index in [1.165, 1.54) is 48.8 Å². The molecular formula is C19H27N3. The van der Waals surface area contributed by atoms with Gasteiger partial charge in [-0.05, 0) is 37.4 Å². The Kier molecular flexibility index (Phi) is 4.94. The second-order valence-electron chi connectivity index (χ2n) is 6.66. The summed E-state index contributed by atoms with van der Waals surface area (Å²) in [6, 6.07) is 9.10. The van der Waals surface area contributed by atoms with E-state index in [1.807, 2.05) is 12.4 Å². The first kappa shape index (κ1) is 15.3. The quantitative estimate of drug-likeness (QED) is 0.898. The maximum Gasteiger partial charge on any atom is 0.0423 e. The molecule has 2 unspecified atom stereocenters. The lowest BCUT2D eigenvalue weighted by atomic mass is 10.0. The van der Waals surface area contributed by atoms with Crippen LogP contribution in [0, 0.1) is 5.92 Å². The molecule has 0 radical (unpaired) electrons. The fourth-order valence-corrected chi connectivity index (χ4v) is 3.38. The molecule has 1 saturated heterocycles. The maximum atomic E-state index is 4.22. The van der Waals surface area contributed by atoms with Crippen molar-refractivity contribution in [3.63, 3.8) is 0 Å². The van der Waals surface area contributed by atoms with E-state index in [1.54, 1.807) is 0 Å². The number of anilines is 1. The standard InChI is InChI=1S/C19H27N3/c1-3-15(2)13-22-11-5-7-17(14-22)21-19-8-4-6-16-12-20-10-9-18(16)19/h4,6,8-10,12,15,17,21H,3,5,7,11,13-14H2,1-2H3. The SMILES string of the molecule is CCC(C)CN1CCCC(Nc2cccc3cnccc23)C1. The van der Waals surface area contributed by atoms with E-state index in [-0.39, 0.29) is 0 Å². The molecule has 0 bridgehead atoms. The molecule has 1 aromatic carbocycles. The number of aromatic nitrogens is 1. The Morgan fingerprint density at radius 1 is 1.36 bits per heavy atom. The number of fused-ring (bicyclic) bond motifs is 1. The molecule has 1 aliphatic heterocycles. The van der Waals surface area contributed by atoms with Crippen molar-refractivity contribution in [1.82, 2.24) is 9.88 Å². The van der Waals surface area contributed by atoms with E-state index >= 15 is 0 Å². The fourth-order valence-electron chi connectivity index (χ4n) is 3.38. The van der Waals surface area contributed by atoms with Gasteiger partial charge in [-0.2, -0.15) is 0 Å². The van der Waals surface area contributed by atoms with Crippen LogP contribution in [0.3, 0.4) is 0 Å². The highest BCUT2D eigenvalue weighted by molar-refractivity contribution is 5.93. The van der Waals surface area contributed by atoms with Crippen LogP contribution < -0.4 is 5.32 Å². The van der Waals surface area contributed by atoms with E-state index in [0.29, 0.717) is 6.04 Å². The normalized spacial score (nSPS) is 20.9. The Hall–Kier alpha value is -1.61. The Labute approximate surface area is 133 Å². The number of nitrogens with one attached hydrogen (secondary N) is 1. The number of hydrogen-bond acceptors (Lipinski definition) is 3. The first-order valence-corrected chi connectivity index (χ1v) is 8.58. The number of likely N-dealkylation sites (tertiary alicyclic amines) is 1. The van der Waals surface area contributed by atoms with Gasteiger partial charge in [0.2, 0.25) is 0 Å². The smallest absolute Gasteiger partial charge is 0.0423 e. The molecule has 1 fully saturated rings. The zero-order chi connectivity index (χ0) is 15.4. The molecule has 0 amide bonds. The van der Waals surface area contributed by atoms with Gasteiger partial charge >= 0.3 is 0 Å². The summed E-state index contributed by atoms with van der Waals surface area (Å²) in [5.41, 5.74) is 1.25. The van der Waals surface area contributed by atoms with Crippen molar-refractivity contribution in [3.8, 4) is 0 Å². The van der Waals surface area contributed by atoms with Crippen LogP contribution in [0.15, 0.2) is 36.7 Å². The van der Waals surface area contributed by atoms with Crippen molar-refractivity contribution in [2.75, 3.05) is 25.0 Å². The summed E-state index contributed by atoms with van der Waals surface area (Å²) in [6.07, 6.45) is 7.64. The highest BCUT2D eigenvalue weighted by Crippen LogP contribution is 2.25. The van der Waals surface area contributed by atoms with Gasteiger partial charge in [-0.1, -0.05) is 32.4 Å². The van der Waals surface area contributed by atoms with Gasteiger partial charge in [0.05, 0.1) is 0 Å². The minimum absolute atomic E-state index is 0.552. The lowest BCUT2D eigenvalue weighted by molar-refractivity contribution is 0.189. The largest absolute Gasteiger partial charge is 0.381 e. The molecule has 0 aliphatic carbocycles. The Balaban J connectivity index is 1.69. The second kappa shape index (κ2) is 7.10. The van der Waals surface area contributed by atoms with E-state index in [0.717, 1.165) is 12.5 Å². The van der Waals surface area contributed by atoms with Crippen molar-refractivity contribution in [3.05, 3.63) is 36.7 Å². The summed E-state index contributed by atoms with van der Waals surface area (Å²) in [5.74, 6) is 0.794. The molecule has 2 heterocycles. The minimum atomic E-state index is 0.552. The molecule has 3 rings (SSSR count). The molecule has 1 aliphatic rings. The topological polar surface area (TPSA) is 28.2 Å². The highest BCUT2D eigenvalue weighted by Gasteiger charge is 2.21. The Bertz CT molecular complexity index is 605. The molecule has 1 N–H and O–H groups in total. The molecule has 1 aromatic heterocycles. The number of hydrogen-bond donors (Lipinski definition) is 1. The molecule has 3 nitrogen and oxygen atoms in total. The third kappa shape index (κ3) is 3.58. The minimum Gasteiger partial charge on any atom is -0.381 e. The summed E-state index contributed by atoms with van der Waals surface area (Å²) in [5, 5.41) is 6.26. The predicted octanol–water partition coefficient (Wildman–Crippen LogP) is 4.16. The Morgan fingerprint density at radius 2 is 2.27 bits per heavy atom. The third-order valence-corrected chi connectivity index (χ3v) is 4.81. The van der Waals surface area contributed by atoms with Crippen molar-refractivity contribution < 1.29 is 0 Å². The average Bonchev–Trinajstić information content (AvgIpc) is 2.55. The monoisotopic (exact) mass is 297 g/mol.